The molecular formula is C20H28N4O. The number of likely N-dealkylation sites (N-methyl/N-ethyl adjacent to an activating group) is 1. The number of rotatable bonds is 5. The molecule has 0 N–H and O–H groups in total. The first kappa shape index (κ1) is 17.8. The normalized spacial score (nSPS) is 16.3. The van der Waals surface area contributed by atoms with Gasteiger partial charge in [0.1, 0.15) is 0 Å². The molecule has 2 heterocycles. The minimum atomic E-state index is 0.0834. The first-order valence-corrected chi connectivity index (χ1v) is 9.07. The van der Waals surface area contributed by atoms with Gasteiger partial charge in [0.25, 0.3) is 5.91 Å². The zero-order valence-corrected chi connectivity index (χ0v) is 15.5. The van der Waals surface area contributed by atoms with Gasteiger partial charge in [-0.15, -0.1) is 0 Å². The number of hydrogen-bond donors (Lipinski definition) is 0. The maximum Gasteiger partial charge on any atom is 0.254 e. The van der Waals surface area contributed by atoms with E-state index in [1.807, 2.05) is 49.2 Å². The number of pyridine rings is 1. The quantitative estimate of drug-likeness (QED) is 0.837. The Morgan fingerprint density at radius 2 is 1.92 bits per heavy atom. The van der Waals surface area contributed by atoms with Crippen LogP contribution in [0.3, 0.4) is 0 Å². The predicted octanol–water partition coefficient (Wildman–Crippen LogP) is 2.25. The summed E-state index contributed by atoms with van der Waals surface area (Å²) >= 11 is 0. The van der Waals surface area contributed by atoms with Crippen LogP contribution in [0.25, 0.3) is 10.9 Å². The van der Waals surface area contributed by atoms with Gasteiger partial charge in [0.05, 0.1) is 11.1 Å². The minimum absolute atomic E-state index is 0.0834. The van der Waals surface area contributed by atoms with Crippen LogP contribution in [0.1, 0.15) is 22.5 Å². The fourth-order valence-corrected chi connectivity index (χ4v) is 3.39. The Morgan fingerprint density at radius 3 is 2.68 bits per heavy atom. The number of carbonyl (C=O) groups excluding carboxylic acids is 1. The standard InChI is InChI=1S/C20H28N4O/c1-16-15-18(17-7-4-5-8-19(17)21-16)20(25)23(3)9-6-10-24-13-11-22(2)12-14-24/h4-5,7-8,15H,6,9-14H2,1-3H3. The number of piperazine rings is 1. The second kappa shape index (κ2) is 7.93. The number of nitrogens with zero attached hydrogens (tertiary/aromatic N) is 4. The van der Waals surface area contributed by atoms with Gasteiger partial charge < -0.3 is 14.7 Å². The van der Waals surface area contributed by atoms with E-state index < -0.39 is 0 Å². The smallest absolute Gasteiger partial charge is 0.254 e. The fourth-order valence-electron chi connectivity index (χ4n) is 3.39. The zero-order valence-electron chi connectivity index (χ0n) is 15.5. The molecule has 0 saturated carbocycles. The zero-order chi connectivity index (χ0) is 17.8. The van der Waals surface area contributed by atoms with Gasteiger partial charge in [-0.2, -0.15) is 0 Å². The van der Waals surface area contributed by atoms with E-state index in [9.17, 15) is 4.79 Å². The van der Waals surface area contributed by atoms with Crippen molar-refractivity contribution in [2.75, 3.05) is 53.4 Å². The second-order valence-corrected chi connectivity index (χ2v) is 7.05. The lowest BCUT2D eigenvalue weighted by molar-refractivity contribution is 0.0785. The van der Waals surface area contributed by atoms with Gasteiger partial charge >= 0.3 is 0 Å². The molecule has 2 aromatic rings. The third-order valence-electron chi connectivity index (χ3n) is 4.99. The Bertz CT molecular complexity index is 738. The summed E-state index contributed by atoms with van der Waals surface area (Å²) in [7, 11) is 4.07. The van der Waals surface area contributed by atoms with Crippen molar-refractivity contribution in [2.45, 2.75) is 13.3 Å². The molecule has 1 aromatic carbocycles. The highest BCUT2D eigenvalue weighted by Gasteiger charge is 2.17. The molecule has 0 unspecified atom stereocenters. The van der Waals surface area contributed by atoms with Crippen LogP contribution in [0.2, 0.25) is 0 Å². The average molecular weight is 340 g/mol. The van der Waals surface area contributed by atoms with Crippen molar-refractivity contribution < 1.29 is 4.79 Å². The van der Waals surface area contributed by atoms with Crippen molar-refractivity contribution in [3.05, 3.63) is 41.6 Å². The molecule has 5 heteroatoms. The molecule has 0 atom stereocenters. The summed E-state index contributed by atoms with van der Waals surface area (Å²) < 4.78 is 0. The molecule has 1 aliphatic rings. The number of aromatic nitrogens is 1. The summed E-state index contributed by atoms with van der Waals surface area (Å²) in [6, 6.07) is 9.77. The number of fused-ring (bicyclic) bond motifs is 1. The minimum Gasteiger partial charge on any atom is -0.342 e. The van der Waals surface area contributed by atoms with Gasteiger partial charge in [-0.3, -0.25) is 9.78 Å². The van der Waals surface area contributed by atoms with Gasteiger partial charge in [0.15, 0.2) is 0 Å². The molecule has 25 heavy (non-hydrogen) atoms. The number of para-hydroxylation sites is 1. The summed E-state index contributed by atoms with van der Waals surface area (Å²) in [5.41, 5.74) is 2.52. The Kier molecular flexibility index (Phi) is 5.66. The van der Waals surface area contributed by atoms with E-state index in [1.165, 1.54) is 0 Å². The molecule has 0 aliphatic carbocycles. The maximum absolute atomic E-state index is 12.9. The molecule has 0 radical (unpaired) electrons. The first-order chi connectivity index (χ1) is 12.0. The van der Waals surface area contributed by atoms with Gasteiger partial charge in [0, 0.05) is 50.9 Å². The van der Waals surface area contributed by atoms with Crippen LogP contribution >= 0.6 is 0 Å². The first-order valence-electron chi connectivity index (χ1n) is 9.07. The number of hydrogen-bond acceptors (Lipinski definition) is 4. The van der Waals surface area contributed by atoms with E-state index in [2.05, 4.69) is 21.8 Å². The van der Waals surface area contributed by atoms with Crippen LogP contribution in [0.15, 0.2) is 30.3 Å². The van der Waals surface area contributed by atoms with Crippen LogP contribution < -0.4 is 0 Å². The third-order valence-corrected chi connectivity index (χ3v) is 4.99. The van der Waals surface area contributed by atoms with E-state index in [1.54, 1.807) is 0 Å². The van der Waals surface area contributed by atoms with Crippen LogP contribution in [0, 0.1) is 6.92 Å². The van der Waals surface area contributed by atoms with E-state index >= 15 is 0 Å². The van der Waals surface area contributed by atoms with Crippen LogP contribution in [-0.2, 0) is 0 Å². The molecule has 0 bridgehead atoms. The van der Waals surface area contributed by atoms with Crippen molar-refractivity contribution in [3.63, 3.8) is 0 Å². The summed E-state index contributed by atoms with van der Waals surface area (Å²) in [4.78, 5) is 24.1. The lowest BCUT2D eigenvalue weighted by atomic mass is 10.1. The average Bonchev–Trinajstić information content (AvgIpc) is 2.62. The summed E-state index contributed by atoms with van der Waals surface area (Å²) in [6.07, 6.45) is 1.01. The SMILES string of the molecule is Cc1cc(C(=O)N(C)CCCN2CCN(C)CC2)c2ccccc2n1. The monoisotopic (exact) mass is 340 g/mol. The van der Waals surface area contributed by atoms with E-state index in [0.29, 0.717) is 0 Å². The molecule has 134 valence electrons. The Labute approximate surface area is 150 Å². The van der Waals surface area contributed by atoms with Gasteiger partial charge in [-0.05, 0) is 39.1 Å². The van der Waals surface area contributed by atoms with Crippen LogP contribution in [-0.4, -0.2) is 79.0 Å². The lowest BCUT2D eigenvalue weighted by Gasteiger charge is -2.32. The van der Waals surface area contributed by atoms with Crippen molar-refractivity contribution in [1.29, 1.82) is 0 Å². The highest BCUT2D eigenvalue weighted by molar-refractivity contribution is 6.06. The second-order valence-electron chi connectivity index (χ2n) is 7.05. The predicted molar refractivity (Wildman–Crippen MR) is 102 cm³/mol. The molecule has 1 saturated heterocycles. The van der Waals surface area contributed by atoms with E-state index in [4.69, 9.17) is 0 Å². The molecule has 1 fully saturated rings. The lowest BCUT2D eigenvalue weighted by Crippen LogP contribution is -2.45. The van der Waals surface area contributed by atoms with Crippen molar-refractivity contribution in [2.24, 2.45) is 0 Å². The highest BCUT2D eigenvalue weighted by Crippen LogP contribution is 2.19. The maximum atomic E-state index is 12.9. The number of amides is 1. The van der Waals surface area contributed by atoms with Gasteiger partial charge in [-0.1, -0.05) is 18.2 Å². The molecule has 1 aliphatic heterocycles. The summed E-state index contributed by atoms with van der Waals surface area (Å²) in [5, 5.41) is 0.934. The van der Waals surface area contributed by atoms with Gasteiger partial charge in [-0.25, -0.2) is 0 Å². The van der Waals surface area contributed by atoms with Crippen LogP contribution in [0.4, 0.5) is 0 Å². The van der Waals surface area contributed by atoms with E-state index in [0.717, 1.165) is 67.8 Å². The number of carbonyl (C=O) groups is 1. The van der Waals surface area contributed by atoms with Crippen LogP contribution in [0.5, 0.6) is 0 Å². The number of benzene rings is 1. The summed E-state index contributed by atoms with van der Waals surface area (Å²) in [6.45, 7) is 8.30. The molecule has 0 spiro atoms. The third kappa shape index (κ3) is 4.35. The number of aryl methyl sites for hydroxylation is 1. The Morgan fingerprint density at radius 1 is 1.20 bits per heavy atom. The highest BCUT2D eigenvalue weighted by atomic mass is 16.2. The van der Waals surface area contributed by atoms with Crippen molar-refractivity contribution in [1.82, 2.24) is 19.7 Å². The Hall–Kier alpha value is -1.98. The molecule has 3 rings (SSSR count). The summed E-state index contributed by atoms with van der Waals surface area (Å²) in [5.74, 6) is 0.0834. The topological polar surface area (TPSA) is 39.7 Å². The fraction of sp³-hybridized carbons (Fsp3) is 0.500. The molecule has 5 nitrogen and oxygen atoms in total. The van der Waals surface area contributed by atoms with Gasteiger partial charge in [0.2, 0.25) is 0 Å². The Balaban J connectivity index is 1.61. The van der Waals surface area contributed by atoms with E-state index in [-0.39, 0.29) is 5.91 Å². The molecule has 1 amide bonds. The molecule has 1 aromatic heterocycles. The molecular weight excluding hydrogens is 312 g/mol. The van der Waals surface area contributed by atoms with Crippen molar-refractivity contribution >= 4 is 16.8 Å². The van der Waals surface area contributed by atoms with Crippen molar-refractivity contribution in [3.8, 4) is 0 Å². The largest absolute Gasteiger partial charge is 0.342 e.